The van der Waals surface area contributed by atoms with Crippen LogP contribution in [0.2, 0.25) is 0 Å². The third-order valence-electron chi connectivity index (χ3n) is 6.21. The zero-order chi connectivity index (χ0) is 20.0. The number of H-pyrrole nitrogens is 1. The third-order valence-corrected chi connectivity index (χ3v) is 6.21. The molecule has 2 N–H and O–H groups in total. The molecule has 2 aliphatic heterocycles. The molecule has 0 amide bonds. The molecule has 0 unspecified atom stereocenters. The Labute approximate surface area is 169 Å². The fourth-order valence-electron chi connectivity index (χ4n) is 4.41. The van der Waals surface area contributed by atoms with Crippen molar-refractivity contribution in [2.45, 2.75) is 26.3 Å². The molecular formula is C24H24N2O3. The molecule has 5 nitrogen and oxygen atoms in total. The quantitative estimate of drug-likeness (QED) is 0.678. The van der Waals surface area contributed by atoms with E-state index in [-0.39, 0.29) is 17.3 Å². The fraction of sp³-hybridized carbons (Fsp3) is 0.292. The summed E-state index contributed by atoms with van der Waals surface area (Å²) in [6, 6.07) is 11.0. The number of hydrogen-bond donors (Lipinski definition) is 2. The number of carbonyl (C=O) groups is 1. The molecule has 0 radical (unpaired) electrons. The topological polar surface area (TPSA) is 69.6 Å². The summed E-state index contributed by atoms with van der Waals surface area (Å²) >= 11 is 0. The van der Waals surface area contributed by atoms with Gasteiger partial charge in [0, 0.05) is 28.2 Å². The first kappa shape index (κ1) is 18.0. The Bertz CT molecular complexity index is 1120. The number of Topliss-reactive ketones (excluding diaryl/α,β-unsaturated/α-hetero) is 1. The molecule has 1 saturated heterocycles. The van der Waals surface area contributed by atoms with E-state index in [1.807, 2.05) is 30.5 Å². The van der Waals surface area contributed by atoms with Crippen LogP contribution >= 0.6 is 0 Å². The lowest BCUT2D eigenvalue weighted by Gasteiger charge is -2.29. The van der Waals surface area contributed by atoms with Crippen molar-refractivity contribution in [3.63, 3.8) is 0 Å². The van der Waals surface area contributed by atoms with Gasteiger partial charge in [0.1, 0.15) is 12.3 Å². The highest BCUT2D eigenvalue weighted by Gasteiger charge is 2.31. The van der Waals surface area contributed by atoms with Gasteiger partial charge < -0.3 is 19.7 Å². The minimum atomic E-state index is -0.159. The molecule has 0 bridgehead atoms. The Hall–Kier alpha value is -3.05. The van der Waals surface area contributed by atoms with Crippen LogP contribution < -0.4 is 14.7 Å². The Balaban J connectivity index is 1.47. The number of ether oxygens (including phenoxy) is 1. The van der Waals surface area contributed by atoms with Crippen LogP contribution in [0.5, 0.6) is 11.5 Å². The van der Waals surface area contributed by atoms with E-state index in [1.165, 1.54) is 23.8 Å². The highest BCUT2D eigenvalue weighted by molar-refractivity contribution is 6.15. The third kappa shape index (κ3) is 3.21. The van der Waals surface area contributed by atoms with E-state index in [9.17, 15) is 9.90 Å². The summed E-state index contributed by atoms with van der Waals surface area (Å²) in [7, 11) is 0. The molecular weight excluding hydrogens is 364 g/mol. The zero-order valence-electron chi connectivity index (χ0n) is 16.5. The van der Waals surface area contributed by atoms with E-state index in [4.69, 9.17) is 4.74 Å². The van der Waals surface area contributed by atoms with Crippen LogP contribution in [0.1, 0.15) is 41.3 Å². The minimum Gasteiger partial charge on any atom is -0.872 e. The van der Waals surface area contributed by atoms with Gasteiger partial charge in [0.25, 0.3) is 0 Å². The molecule has 0 atom stereocenters. The van der Waals surface area contributed by atoms with Crippen molar-refractivity contribution < 1.29 is 19.5 Å². The predicted molar refractivity (Wildman–Crippen MR) is 110 cm³/mol. The van der Waals surface area contributed by atoms with E-state index in [0.29, 0.717) is 23.4 Å². The maximum absolute atomic E-state index is 12.9. The van der Waals surface area contributed by atoms with Crippen LogP contribution in [0.15, 0.2) is 48.4 Å². The first-order chi connectivity index (χ1) is 14.1. The van der Waals surface area contributed by atoms with Crippen molar-refractivity contribution in [3.05, 3.63) is 65.0 Å². The van der Waals surface area contributed by atoms with Crippen molar-refractivity contribution in [1.82, 2.24) is 4.98 Å². The van der Waals surface area contributed by atoms with E-state index in [1.54, 1.807) is 12.1 Å². The molecule has 148 valence electrons. The molecule has 3 heterocycles. The van der Waals surface area contributed by atoms with Crippen LogP contribution in [0.4, 0.5) is 0 Å². The predicted octanol–water partition coefficient (Wildman–Crippen LogP) is 2.67. The van der Waals surface area contributed by atoms with Crippen LogP contribution in [0.3, 0.4) is 0 Å². The van der Waals surface area contributed by atoms with Gasteiger partial charge in [0.15, 0.2) is 5.76 Å². The molecule has 1 aromatic heterocycles. The Morgan fingerprint density at radius 3 is 2.83 bits per heavy atom. The van der Waals surface area contributed by atoms with E-state index in [2.05, 4.69) is 11.9 Å². The number of nitrogens with one attached hydrogen (secondary N) is 2. The summed E-state index contributed by atoms with van der Waals surface area (Å²) in [4.78, 5) is 17.5. The lowest BCUT2D eigenvalue weighted by molar-refractivity contribution is -0.919. The summed E-state index contributed by atoms with van der Waals surface area (Å²) in [5.41, 5.74) is 3.03. The monoisotopic (exact) mass is 388 g/mol. The van der Waals surface area contributed by atoms with Crippen molar-refractivity contribution in [1.29, 1.82) is 0 Å². The molecule has 2 aliphatic rings. The van der Waals surface area contributed by atoms with Crippen molar-refractivity contribution in [3.8, 4) is 11.5 Å². The van der Waals surface area contributed by atoms with Crippen molar-refractivity contribution in [2.24, 2.45) is 5.92 Å². The normalized spacial score (nSPS) is 22.8. The first-order valence-electron chi connectivity index (χ1n) is 10.3. The average molecular weight is 388 g/mol. The fourth-order valence-corrected chi connectivity index (χ4v) is 4.41. The van der Waals surface area contributed by atoms with Crippen LogP contribution in [-0.4, -0.2) is 23.9 Å². The second-order valence-corrected chi connectivity index (χ2v) is 8.26. The summed E-state index contributed by atoms with van der Waals surface area (Å²) in [5.74, 6) is 1.28. The minimum absolute atomic E-state index is 0.0454. The average Bonchev–Trinajstić information content (AvgIpc) is 3.28. The Morgan fingerprint density at radius 1 is 1.21 bits per heavy atom. The number of aromatic amines is 1. The summed E-state index contributed by atoms with van der Waals surface area (Å²) < 4.78 is 6.00. The van der Waals surface area contributed by atoms with E-state index in [0.717, 1.165) is 35.5 Å². The maximum atomic E-state index is 12.9. The van der Waals surface area contributed by atoms with Gasteiger partial charge in [-0.25, -0.2) is 0 Å². The van der Waals surface area contributed by atoms with E-state index >= 15 is 0 Å². The van der Waals surface area contributed by atoms with Gasteiger partial charge in [0.05, 0.1) is 18.7 Å². The van der Waals surface area contributed by atoms with E-state index < -0.39 is 0 Å². The molecule has 0 aliphatic carbocycles. The number of hydrogen-bond acceptors (Lipinski definition) is 3. The second-order valence-electron chi connectivity index (χ2n) is 8.26. The zero-order valence-corrected chi connectivity index (χ0v) is 16.5. The lowest BCUT2D eigenvalue weighted by atomic mass is 9.98. The number of aromatic nitrogens is 1. The SMILES string of the molecule is CC1CC[NH+](Cc2c([O-])ccc3c2OC(=Cc2c[nH]c4ccccc24)C3=O)CC1. The number of likely N-dealkylation sites (tertiary alicyclic amines) is 1. The molecule has 0 spiro atoms. The van der Waals surface area contributed by atoms with Crippen LogP contribution in [0.25, 0.3) is 17.0 Å². The molecule has 5 heteroatoms. The molecule has 0 saturated carbocycles. The molecule has 1 fully saturated rings. The number of rotatable bonds is 3. The smallest absolute Gasteiger partial charge is 0.231 e. The number of ketones is 1. The van der Waals surface area contributed by atoms with Gasteiger partial charge in [-0.05, 0) is 37.0 Å². The standard InChI is InChI=1S/C24H24N2O3/c1-15-8-10-26(11-9-15)14-19-21(27)7-6-18-23(28)22(29-24(18)19)12-16-13-25-20-5-3-2-4-17(16)20/h2-7,12-13,15,25,27H,8-11,14H2,1H3. The highest BCUT2D eigenvalue weighted by Crippen LogP contribution is 2.38. The summed E-state index contributed by atoms with van der Waals surface area (Å²) in [5, 5.41) is 13.6. The summed E-state index contributed by atoms with van der Waals surface area (Å²) in [6.07, 6.45) is 5.98. The van der Waals surface area contributed by atoms with Crippen LogP contribution in [-0.2, 0) is 6.54 Å². The number of allylic oxidation sites excluding steroid dienone is 1. The Morgan fingerprint density at radius 2 is 2.00 bits per heavy atom. The Kier molecular flexibility index (Phi) is 4.40. The molecule has 29 heavy (non-hydrogen) atoms. The number of carbonyl (C=O) groups excluding carboxylic acids is 1. The van der Waals surface area contributed by atoms with Gasteiger partial charge in [-0.15, -0.1) is 0 Å². The number of benzene rings is 2. The van der Waals surface area contributed by atoms with Gasteiger partial charge in [-0.3, -0.25) is 4.79 Å². The summed E-state index contributed by atoms with van der Waals surface area (Å²) in [6.45, 7) is 4.99. The first-order valence-corrected chi connectivity index (χ1v) is 10.3. The number of quaternary nitrogens is 1. The second kappa shape index (κ2) is 7.08. The van der Waals surface area contributed by atoms with Gasteiger partial charge in [-0.1, -0.05) is 36.9 Å². The highest BCUT2D eigenvalue weighted by atomic mass is 16.5. The van der Waals surface area contributed by atoms with Gasteiger partial charge in [-0.2, -0.15) is 0 Å². The van der Waals surface area contributed by atoms with Crippen molar-refractivity contribution >= 4 is 22.8 Å². The molecule has 5 rings (SSSR count). The molecule has 2 aromatic carbocycles. The number of fused-ring (bicyclic) bond motifs is 2. The molecule has 3 aromatic rings. The maximum Gasteiger partial charge on any atom is 0.231 e. The van der Waals surface area contributed by atoms with Crippen molar-refractivity contribution in [2.75, 3.05) is 13.1 Å². The van der Waals surface area contributed by atoms with Gasteiger partial charge >= 0.3 is 0 Å². The van der Waals surface area contributed by atoms with Crippen LogP contribution in [0, 0.1) is 5.92 Å². The van der Waals surface area contributed by atoms with Gasteiger partial charge in [0.2, 0.25) is 5.78 Å². The largest absolute Gasteiger partial charge is 0.872 e. The number of para-hydroxylation sites is 1. The number of piperidine rings is 1. The lowest BCUT2D eigenvalue weighted by Crippen LogP contribution is -3.11.